The first kappa shape index (κ1) is 7.32. The summed E-state index contributed by atoms with van der Waals surface area (Å²) in [5.41, 5.74) is 0. The molecule has 1 heterocycles. The van der Waals surface area contributed by atoms with Gasteiger partial charge in [-0.15, -0.1) is 12.3 Å². The highest BCUT2D eigenvalue weighted by molar-refractivity contribution is 8.14. The van der Waals surface area contributed by atoms with Crippen molar-refractivity contribution in [2.45, 2.75) is 6.42 Å². The highest BCUT2D eigenvalue weighted by Crippen LogP contribution is 2.50. The van der Waals surface area contributed by atoms with Gasteiger partial charge in [-0.25, -0.2) is 0 Å². The lowest BCUT2D eigenvalue weighted by Gasteiger charge is -2.04. The van der Waals surface area contributed by atoms with Crippen LogP contribution in [-0.4, -0.2) is 19.0 Å². The lowest BCUT2D eigenvalue weighted by Crippen LogP contribution is -1.91. The SMILES string of the molecule is C#CC1CCP(C)(=S)C1. The van der Waals surface area contributed by atoms with Gasteiger partial charge in [-0.3, -0.25) is 0 Å². The Morgan fingerprint density at radius 2 is 2.44 bits per heavy atom. The normalized spacial score (nSPS) is 42.4. The molecule has 2 atom stereocenters. The Bertz CT molecular complexity index is 190. The third-order valence-electron chi connectivity index (χ3n) is 1.79. The molecule has 1 aliphatic heterocycles. The highest BCUT2D eigenvalue weighted by atomic mass is 32.4. The van der Waals surface area contributed by atoms with Crippen molar-refractivity contribution in [1.82, 2.24) is 0 Å². The Labute approximate surface area is 62.0 Å². The zero-order valence-electron chi connectivity index (χ0n) is 5.63. The minimum absolute atomic E-state index is 0.515. The van der Waals surface area contributed by atoms with Gasteiger partial charge < -0.3 is 0 Å². The molecule has 0 N–H and O–H groups in total. The van der Waals surface area contributed by atoms with E-state index in [1.165, 1.54) is 12.6 Å². The molecule has 0 aliphatic carbocycles. The maximum atomic E-state index is 5.37. The van der Waals surface area contributed by atoms with E-state index in [0.717, 1.165) is 6.16 Å². The van der Waals surface area contributed by atoms with Crippen molar-refractivity contribution in [3.63, 3.8) is 0 Å². The summed E-state index contributed by atoms with van der Waals surface area (Å²) < 4.78 is 0. The number of hydrogen-bond donors (Lipinski definition) is 0. The molecule has 0 bridgehead atoms. The molecule has 0 aromatic rings. The van der Waals surface area contributed by atoms with Crippen LogP contribution in [0.2, 0.25) is 0 Å². The monoisotopic (exact) mass is 158 g/mol. The van der Waals surface area contributed by atoms with Crippen LogP contribution in [0, 0.1) is 18.3 Å². The quantitative estimate of drug-likeness (QED) is 0.382. The number of rotatable bonds is 0. The predicted octanol–water partition coefficient (Wildman–Crippen LogP) is 1.75. The van der Waals surface area contributed by atoms with E-state index >= 15 is 0 Å². The van der Waals surface area contributed by atoms with Gasteiger partial charge in [-0.05, 0) is 31.4 Å². The first-order valence-electron chi connectivity index (χ1n) is 3.16. The van der Waals surface area contributed by atoms with Crippen molar-refractivity contribution in [2.75, 3.05) is 19.0 Å². The summed E-state index contributed by atoms with van der Waals surface area (Å²) in [4.78, 5) is 0. The van der Waals surface area contributed by atoms with Gasteiger partial charge in [-0.1, -0.05) is 11.8 Å². The molecule has 0 saturated carbocycles. The predicted molar refractivity (Wildman–Crippen MR) is 46.9 cm³/mol. The van der Waals surface area contributed by atoms with Crippen molar-refractivity contribution in [2.24, 2.45) is 5.92 Å². The van der Waals surface area contributed by atoms with Crippen molar-refractivity contribution < 1.29 is 0 Å². The maximum absolute atomic E-state index is 5.37. The van der Waals surface area contributed by atoms with E-state index in [0.29, 0.717) is 5.92 Å². The van der Waals surface area contributed by atoms with Crippen LogP contribution in [0.15, 0.2) is 0 Å². The Morgan fingerprint density at radius 3 is 2.67 bits per heavy atom. The van der Waals surface area contributed by atoms with Gasteiger partial charge >= 0.3 is 0 Å². The lowest BCUT2D eigenvalue weighted by molar-refractivity contribution is 0.776. The molecular weight excluding hydrogens is 147 g/mol. The van der Waals surface area contributed by atoms with Crippen molar-refractivity contribution in [3.05, 3.63) is 0 Å². The lowest BCUT2D eigenvalue weighted by atomic mass is 10.1. The van der Waals surface area contributed by atoms with Gasteiger partial charge in [0.25, 0.3) is 0 Å². The largest absolute Gasteiger partial charge is 0.120 e. The second-order valence-corrected chi connectivity index (χ2v) is 8.91. The molecule has 0 aromatic heterocycles. The van der Waals surface area contributed by atoms with Gasteiger partial charge in [0.1, 0.15) is 0 Å². The molecule has 1 fully saturated rings. The highest BCUT2D eigenvalue weighted by Gasteiger charge is 2.24. The summed E-state index contributed by atoms with van der Waals surface area (Å²) in [6.07, 6.45) is 8.85. The summed E-state index contributed by atoms with van der Waals surface area (Å²) in [5, 5.41) is 0. The molecule has 0 radical (unpaired) electrons. The van der Waals surface area contributed by atoms with E-state index in [4.69, 9.17) is 18.2 Å². The zero-order chi connectivity index (χ0) is 6.91. The molecule has 50 valence electrons. The Morgan fingerprint density at radius 1 is 1.78 bits per heavy atom. The maximum Gasteiger partial charge on any atom is 0.0250 e. The summed E-state index contributed by atoms with van der Waals surface area (Å²) in [7, 11) is 0. The van der Waals surface area contributed by atoms with Crippen LogP contribution < -0.4 is 0 Å². The first-order chi connectivity index (χ1) is 4.14. The van der Waals surface area contributed by atoms with Crippen LogP contribution in [0.4, 0.5) is 0 Å². The first-order valence-corrected chi connectivity index (χ1v) is 6.78. The fraction of sp³-hybridized carbons (Fsp3) is 0.714. The molecular formula is C7H11PS. The third-order valence-corrected chi connectivity index (χ3v) is 5.21. The summed E-state index contributed by atoms with van der Waals surface area (Å²) in [5.74, 6) is 3.30. The molecule has 9 heavy (non-hydrogen) atoms. The zero-order valence-corrected chi connectivity index (χ0v) is 7.34. The van der Waals surface area contributed by atoms with Gasteiger partial charge in [0.2, 0.25) is 0 Å². The van der Waals surface area contributed by atoms with E-state index in [9.17, 15) is 0 Å². The molecule has 2 heteroatoms. The van der Waals surface area contributed by atoms with E-state index < -0.39 is 6.04 Å². The Kier molecular flexibility index (Phi) is 1.99. The molecule has 1 saturated heterocycles. The standard InChI is InChI=1S/C7H11PS/c1-3-7-4-5-8(2,9)6-7/h1,7H,4-6H2,2H3. The fourth-order valence-corrected chi connectivity index (χ4v) is 4.33. The molecule has 0 amide bonds. The van der Waals surface area contributed by atoms with Gasteiger partial charge in [0.05, 0.1) is 0 Å². The molecule has 1 aliphatic rings. The third kappa shape index (κ3) is 1.81. The van der Waals surface area contributed by atoms with Crippen LogP contribution in [0.5, 0.6) is 0 Å². The second-order valence-electron chi connectivity index (χ2n) is 2.86. The summed E-state index contributed by atoms with van der Waals surface area (Å²) in [6, 6.07) is -0.925. The molecule has 0 aromatic carbocycles. The topological polar surface area (TPSA) is 0 Å². The number of hydrogen-bond acceptors (Lipinski definition) is 1. The fourth-order valence-electron chi connectivity index (χ4n) is 1.21. The number of terminal acetylenes is 1. The molecule has 2 unspecified atom stereocenters. The van der Waals surface area contributed by atoms with Crippen molar-refractivity contribution >= 4 is 17.8 Å². The van der Waals surface area contributed by atoms with E-state index in [-0.39, 0.29) is 0 Å². The van der Waals surface area contributed by atoms with Crippen LogP contribution in [0.25, 0.3) is 0 Å². The summed E-state index contributed by atoms with van der Waals surface area (Å²) in [6.45, 7) is 2.22. The average Bonchev–Trinajstić information content (AvgIpc) is 2.10. The molecule has 1 rings (SSSR count). The average molecular weight is 158 g/mol. The molecule has 0 nitrogen and oxygen atoms in total. The second kappa shape index (κ2) is 2.45. The van der Waals surface area contributed by atoms with E-state index in [1.54, 1.807) is 0 Å². The minimum Gasteiger partial charge on any atom is -0.120 e. The summed E-state index contributed by atoms with van der Waals surface area (Å²) >= 11 is 5.37. The van der Waals surface area contributed by atoms with Gasteiger partial charge in [0, 0.05) is 5.92 Å². The smallest absolute Gasteiger partial charge is 0.0250 e. The van der Waals surface area contributed by atoms with Gasteiger partial charge in [-0.2, -0.15) is 0 Å². The van der Waals surface area contributed by atoms with Crippen molar-refractivity contribution in [3.8, 4) is 12.3 Å². The Hall–Kier alpha value is 0.210. The van der Waals surface area contributed by atoms with Crippen LogP contribution in [0.3, 0.4) is 0 Å². The van der Waals surface area contributed by atoms with Crippen LogP contribution >= 0.6 is 6.04 Å². The molecule has 0 spiro atoms. The van der Waals surface area contributed by atoms with Crippen LogP contribution in [0.1, 0.15) is 6.42 Å². The van der Waals surface area contributed by atoms with E-state index in [2.05, 4.69) is 12.6 Å². The van der Waals surface area contributed by atoms with Crippen LogP contribution in [-0.2, 0) is 11.8 Å². The Balaban J connectivity index is 2.60. The van der Waals surface area contributed by atoms with E-state index in [1.807, 2.05) is 0 Å². The van der Waals surface area contributed by atoms with Gasteiger partial charge in [0.15, 0.2) is 0 Å². The minimum atomic E-state index is -0.925. The van der Waals surface area contributed by atoms with Crippen molar-refractivity contribution in [1.29, 1.82) is 0 Å².